The maximum Gasteiger partial charge on any atom is 0.433 e. The van der Waals surface area contributed by atoms with Crippen molar-refractivity contribution >= 4 is 5.97 Å². The zero-order valence-corrected chi connectivity index (χ0v) is 7.00. The van der Waals surface area contributed by atoms with Crippen LogP contribution in [0.15, 0.2) is 0 Å². The minimum atomic E-state index is -3.40. The van der Waals surface area contributed by atoms with Crippen molar-refractivity contribution in [3.05, 3.63) is 0 Å². The van der Waals surface area contributed by atoms with Crippen molar-refractivity contribution in [2.24, 2.45) is 0 Å². The highest BCUT2D eigenvalue weighted by Gasteiger charge is 1.87. The summed E-state index contributed by atoms with van der Waals surface area (Å²) in [4.78, 5) is 9.60. The van der Waals surface area contributed by atoms with E-state index in [-0.39, 0.29) is 0 Å². The fourth-order valence-corrected chi connectivity index (χ4v) is 0.214. The summed E-state index contributed by atoms with van der Waals surface area (Å²) in [6.45, 7) is 1.84. The maximum absolute atomic E-state index is 9.60. The molecule has 10 heavy (non-hydrogen) atoms. The van der Waals surface area contributed by atoms with Crippen molar-refractivity contribution in [2.75, 3.05) is 0 Å². The van der Waals surface area contributed by atoms with E-state index in [1.54, 1.807) is 0 Å². The second-order valence-corrected chi connectivity index (χ2v) is 2.19. The molecule has 0 aliphatic carbocycles. The molecular weight excluding hydrogens is 208 g/mol. The van der Waals surface area contributed by atoms with Gasteiger partial charge in [0.05, 0.1) is 0 Å². The van der Waals surface area contributed by atoms with E-state index >= 15 is 0 Å². The number of rotatable bonds is 2. The van der Waals surface area contributed by atoms with Crippen LogP contribution in [0.2, 0.25) is 0 Å². The van der Waals surface area contributed by atoms with Crippen LogP contribution in [0.25, 0.3) is 0 Å². The van der Waals surface area contributed by atoms with Crippen LogP contribution in [0.3, 0.4) is 0 Å². The molecule has 6 heteroatoms. The molecule has 0 saturated heterocycles. The molecule has 0 rings (SSSR count). The maximum atomic E-state index is 9.60. The summed E-state index contributed by atoms with van der Waals surface area (Å²) in [7, 11) is 0. The van der Waals surface area contributed by atoms with Gasteiger partial charge in [0.2, 0.25) is 0 Å². The monoisotopic (exact) mass is 216 g/mol. The number of halogens is 1. The minimum Gasteiger partial charge on any atom is -0.481 e. The average Bonchev–Trinajstić information content (AvgIpc) is 1.62. The van der Waals surface area contributed by atoms with Crippen molar-refractivity contribution in [1.82, 2.24) is 0 Å². The Morgan fingerprint density at radius 3 is 1.90 bits per heavy atom. The van der Waals surface area contributed by atoms with Crippen molar-refractivity contribution in [2.45, 2.75) is 19.8 Å². The van der Waals surface area contributed by atoms with Crippen LogP contribution in [0.5, 0.6) is 0 Å². The van der Waals surface area contributed by atoms with Gasteiger partial charge >= 0.3 is 20.8 Å². The Balaban J connectivity index is 0. The van der Waals surface area contributed by atoms with Gasteiger partial charge in [0.15, 0.2) is 0 Å². The van der Waals surface area contributed by atoms with Crippen LogP contribution in [-0.4, -0.2) is 15.3 Å². The molecule has 2 N–H and O–H groups in total. The first-order valence-corrected chi connectivity index (χ1v) is 4.47. The van der Waals surface area contributed by atoms with Gasteiger partial charge in [-0.2, -0.15) is 0 Å². The minimum absolute atomic E-state index is 0.292. The molecule has 0 aromatic heterocycles. The van der Waals surface area contributed by atoms with E-state index < -0.39 is 20.8 Å². The molecule has 0 heterocycles. The normalized spacial score (nSPS) is 8.50. The average molecular weight is 217 g/mol. The Hall–Kier alpha value is -0.170. The number of carboxylic acids is 1. The lowest BCUT2D eigenvalue weighted by molar-refractivity contribution is -1.63. The summed E-state index contributed by atoms with van der Waals surface area (Å²) in [5, 5.41) is 7.91. The van der Waals surface area contributed by atoms with Gasteiger partial charge < -0.3 is 13.5 Å². The Bertz CT molecular complexity index is 81.0. The zero-order valence-electron chi connectivity index (χ0n) is 5.41. The molecule has 0 spiro atoms. The van der Waals surface area contributed by atoms with Crippen LogP contribution in [0, 0.1) is 14.8 Å². The fourth-order valence-electron chi connectivity index (χ4n) is 0.214. The number of hydrogen-bond acceptors (Lipinski definition) is 4. The van der Waals surface area contributed by atoms with E-state index in [0.717, 1.165) is 6.42 Å². The second kappa shape index (κ2) is 8.83. The predicted octanol–water partition coefficient (Wildman–Crippen LogP) is -2.06. The molecule has 0 saturated carbocycles. The van der Waals surface area contributed by atoms with Crippen molar-refractivity contribution in [3.63, 3.8) is 0 Å². The lowest BCUT2D eigenvalue weighted by atomic mass is 10.4. The molecule has 0 amide bonds. The third-order valence-corrected chi connectivity index (χ3v) is 0.464. The van der Waals surface area contributed by atoms with Crippen molar-refractivity contribution in [3.8, 4) is 0 Å². The molecule has 0 radical (unpaired) electrons. The molecule has 0 aliphatic heterocycles. The summed E-state index contributed by atoms with van der Waals surface area (Å²) in [6.07, 6.45) is 1.02. The van der Waals surface area contributed by atoms with Gasteiger partial charge in [0, 0.05) is 6.42 Å². The SMILES string of the molecule is CCCC(=O)O.[O-][Br+2]([O-])O. The van der Waals surface area contributed by atoms with Gasteiger partial charge in [-0.05, 0) is 10.6 Å². The first-order valence-electron chi connectivity index (χ1n) is 2.47. The molecule has 0 atom stereocenters. The van der Waals surface area contributed by atoms with Gasteiger partial charge in [-0.1, -0.05) is 6.92 Å². The largest absolute Gasteiger partial charge is 0.481 e. The lowest BCUT2D eigenvalue weighted by Crippen LogP contribution is -2.30. The van der Waals surface area contributed by atoms with Gasteiger partial charge in [0.25, 0.3) is 0 Å². The predicted molar refractivity (Wildman–Crippen MR) is 24.8 cm³/mol. The van der Waals surface area contributed by atoms with E-state index in [0.29, 0.717) is 6.42 Å². The van der Waals surface area contributed by atoms with Gasteiger partial charge in [0.1, 0.15) is 0 Å². The Kier molecular flexibility index (Phi) is 11.0. The summed E-state index contributed by atoms with van der Waals surface area (Å²) in [5.74, 6) is -0.711. The molecule has 62 valence electrons. The highest BCUT2D eigenvalue weighted by molar-refractivity contribution is 5.66. The van der Waals surface area contributed by atoms with Crippen molar-refractivity contribution < 1.29 is 37.3 Å². The second-order valence-electron chi connectivity index (χ2n) is 1.34. The number of aliphatic carboxylic acids is 1. The van der Waals surface area contributed by atoms with E-state index in [4.69, 9.17) is 17.7 Å². The Morgan fingerprint density at radius 1 is 1.60 bits per heavy atom. The first kappa shape index (κ1) is 12.5. The van der Waals surface area contributed by atoms with Crippen LogP contribution in [0.1, 0.15) is 19.8 Å². The standard InChI is InChI=1S/C4H8O2.BrHO3/c1-2-3-4(5)6;2-1(3)4/h2-3H2,1H3,(H,5,6);2H. The van der Waals surface area contributed by atoms with Gasteiger partial charge in [-0.3, -0.25) is 4.79 Å². The fraction of sp³-hybridized carbons (Fsp3) is 0.750. The van der Waals surface area contributed by atoms with Crippen molar-refractivity contribution in [1.29, 1.82) is 0 Å². The molecule has 0 unspecified atom stereocenters. The molecule has 5 nitrogen and oxygen atoms in total. The van der Waals surface area contributed by atoms with Crippen LogP contribution in [0.4, 0.5) is 0 Å². The number of hydrogen-bond donors (Lipinski definition) is 2. The highest BCUT2D eigenvalue weighted by Crippen LogP contribution is 1.82. The summed E-state index contributed by atoms with van der Waals surface area (Å²) in [6, 6.07) is 0. The summed E-state index contributed by atoms with van der Waals surface area (Å²) < 4.78 is 24.3. The molecule has 0 aromatic rings. The Labute approximate surface area is 63.7 Å². The smallest absolute Gasteiger partial charge is 0.433 e. The summed E-state index contributed by atoms with van der Waals surface area (Å²) >= 11 is -3.40. The molecule has 0 fully saturated rings. The third-order valence-electron chi connectivity index (χ3n) is 0.464. The highest BCUT2D eigenvalue weighted by atomic mass is 80.0. The molecule has 0 bridgehead atoms. The third kappa shape index (κ3) is 45.6. The van der Waals surface area contributed by atoms with E-state index in [2.05, 4.69) is 0 Å². The van der Waals surface area contributed by atoms with Crippen LogP contribution < -0.4 is 8.40 Å². The van der Waals surface area contributed by atoms with Gasteiger partial charge in [-0.15, -0.1) is 0 Å². The molecular formula is C4H9BrO5. The topological polar surface area (TPSA) is 104 Å². The van der Waals surface area contributed by atoms with E-state index in [1.165, 1.54) is 0 Å². The van der Waals surface area contributed by atoms with Gasteiger partial charge in [-0.25, -0.2) is 0 Å². The zero-order chi connectivity index (χ0) is 8.57. The summed E-state index contributed by atoms with van der Waals surface area (Å²) in [5.41, 5.74) is 0. The molecule has 0 aliphatic rings. The van der Waals surface area contributed by atoms with E-state index in [9.17, 15) is 4.79 Å². The lowest BCUT2D eigenvalue weighted by Gasteiger charge is -1.79. The first-order chi connectivity index (χ1) is 4.50. The quantitative estimate of drug-likeness (QED) is 0.553. The van der Waals surface area contributed by atoms with E-state index in [1.807, 2.05) is 6.92 Å². The van der Waals surface area contributed by atoms with Crippen LogP contribution in [-0.2, 0) is 4.79 Å². The Morgan fingerprint density at radius 2 is 1.90 bits per heavy atom. The number of carboxylic acid groups (broad SMARTS) is 1. The number of carbonyl (C=O) groups is 1. The van der Waals surface area contributed by atoms with Crippen LogP contribution >= 0.6 is 0 Å². The molecule has 0 aromatic carbocycles.